The van der Waals surface area contributed by atoms with Gasteiger partial charge in [0.15, 0.2) is 5.78 Å². The van der Waals surface area contributed by atoms with E-state index in [2.05, 4.69) is 22.0 Å². The molecule has 1 saturated carbocycles. The van der Waals surface area contributed by atoms with Crippen molar-refractivity contribution in [1.29, 1.82) is 0 Å². The Morgan fingerprint density at radius 3 is 2.61 bits per heavy atom. The lowest BCUT2D eigenvalue weighted by Gasteiger charge is -2.22. The van der Waals surface area contributed by atoms with Crippen molar-refractivity contribution in [2.45, 2.75) is 63.5 Å². The molecule has 0 bridgehead atoms. The molecule has 196 valence electrons. The van der Waals surface area contributed by atoms with Crippen molar-refractivity contribution < 1.29 is 9.59 Å². The molecule has 1 aliphatic heterocycles. The summed E-state index contributed by atoms with van der Waals surface area (Å²) in [7, 11) is 0. The van der Waals surface area contributed by atoms with Gasteiger partial charge < -0.3 is 16.0 Å². The summed E-state index contributed by atoms with van der Waals surface area (Å²) in [6.07, 6.45) is 8.79. The van der Waals surface area contributed by atoms with E-state index < -0.39 is 0 Å². The Kier molecular flexibility index (Phi) is 7.31. The van der Waals surface area contributed by atoms with Gasteiger partial charge in [-0.25, -0.2) is 4.98 Å². The number of carbonyl (C=O) groups excluding carboxylic acids is 2. The van der Waals surface area contributed by atoms with Gasteiger partial charge in [-0.15, -0.1) is 0 Å². The number of carbonyl (C=O) groups is 2. The number of hydrogen-bond donors (Lipinski definition) is 3. The van der Waals surface area contributed by atoms with Gasteiger partial charge in [-0.3, -0.25) is 9.59 Å². The second-order valence-corrected chi connectivity index (χ2v) is 11.5. The summed E-state index contributed by atoms with van der Waals surface area (Å²) < 4.78 is 0. The first-order valence-electron chi connectivity index (χ1n) is 13.7. The van der Waals surface area contributed by atoms with Gasteiger partial charge in [0.1, 0.15) is 5.82 Å². The quantitative estimate of drug-likeness (QED) is 0.325. The summed E-state index contributed by atoms with van der Waals surface area (Å²) in [4.78, 5) is 34.7. The SMILES string of the molecule is O=C1CCCc2cc(Nc3nc4c(c(Nc5cccc(NC(=O)C6CCCCC6)c5)n3)CSCC4)ccc21. The number of aromatic nitrogens is 2. The Morgan fingerprint density at radius 2 is 1.71 bits per heavy atom. The van der Waals surface area contributed by atoms with Crippen LogP contribution in [0.4, 0.5) is 28.8 Å². The van der Waals surface area contributed by atoms with Crippen LogP contribution >= 0.6 is 11.8 Å². The van der Waals surface area contributed by atoms with E-state index in [1.807, 2.05) is 48.2 Å². The number of hydrogen-bond acceptors (Lipinski definition) is 7. The number of aryl methyl sites for hydroxylation is 2. The van der Waals surface area contributed by atoms with Crippen LogP contribution in [0.1, 0.15) is 72.1 Å². The molecule has 7 nitrogen and oxygen atoms in total. The van der Waals surface area contributed by atoms with E-state index in [0.717, 1.165) is 102 Å². The summed E-state index contributed by atoms with van der Waals surface area (Å²) in [5.74, 6) is 3.68. The minimum atomic E-state index is 0.113. The molecule has 6 rings (SSSR count). The van der Waals surface area contributed by atoms with Crippen molar-refractivity contribution in [3.05, 3.63) is 64.8 Å². The molecule has 3 aliphatic rings. The molecule has 3 aromatic rings. The molecule has 1 fully saturated rings. The van der Waals surface area contributed by atoms with Gasteiger partial charge in [0.25, 0.3) is 0 Å². The number of nitrogens with zero attached hydrogens (tertiary/aromatic N) is 2. The Morgan fingerprint density at radius 1 is 0.868 bits per heavy atom. The minimum Gasteiger partial charge on any atom is -0.340 e. The summed E-state index contributed by atoms with van der Waals surface area (Å²) in [5, 5.41) is 10.0. The average molecular weight is 528 g/mol. The number of Topliss-reactive ketones (excluding diaryl/α,β-unsaturated/α-hetero) is 1. The van der Waals surface area contributed by atoms with Crippen LogP contribution in [-0.2, 0) is 23.4 Å². The van der Waals surface area contributed by atoms with Crippen molar-refractivity contribution in [3.8, 4) is 0 Å². The fourth-order valence-electron chi connectivity index (χ4n) is 5.67. The van der Waals surface area contributed by atoms with Crippen LogP contribution < -0.4 is 16.0 Å². The molecule has 2 aromatic carbocycles. The average Bonchev–Trinajstić information content (AvgIpc) is 2.94. The van der Waals surface area contributed by atoms with E-state index in [-0.39, 0.29) is 17.6 Å². The zero-order valence-corrected chi connectivity index (χ0v) is 22.3. The van der Waals surface area contributed by atoms with Crippen LogP contribution in [0.2, 0.25) is 0 Å². The highest BCUT2D eigenvalue weighted by atomic mass is 32.2. The number of nitrogens with one attached hydrogen (secondary N) is 3. The third kappa shape index (κ3) is 5.55. The highest BCUT2D eigenvalue weighted by Gasteiger charge is 2.22. The number of amides is 1. The maximum Gasteiger partial charge on any atom is 0.229 e. The fraction of sp³-hybridized carbons (Fsp3) is 0.400. The molecule has 1 aromatic heterocycles. The Balaban J connectivity index is 1.23. The highest BCUT2D eigenvalue weighted by Crippen LogP contribution is 2.33. The van der Waals surface area contributed by atoms with Gasteiger partial charge in [0.05, 0.1) is 5.69 Å². The number of ketones is 1. The van der Waals surface area contributed by atoms with E-state index in [1.54, 1.807) is 0 Å². The van der Waals surface area contributed by atoms with E-state index >= 15 is 0 Å². The molecular formula is C30H33N5O2S. The number of anilines is 5. The van der Waals surface area contributed by atoms with Gasteiger partial charge in [-0.2, -0.15) is 16.7 Å². The van der Waals surface area contributed by atoms with E-state index in [4.69, 9.17) is 9.97 Å². The number of rotatable bonds is 6. The van der Waals surface area contributed by atoms with Crippen molar-refractivity contribution in [1.82, 2.24) is 9.97 Å². The van der Waals surface area contributed by atoms with Crippen LogP contribution in [0.15, 0.2) is 42.5 Å². The van der Waals surface area contributed by atoms with E-state index in [1.165, 1.54) is 6.42 Å². The largest absolute Gasteiger partial charge is 0.340 e. The first-order valence-corrected chi connectivity index (χ1v) is 14.9. The van der Waals surface area contributed by atoms with Crippen LogP contribution in [-0.4, -0.2) is 27.4 Å². The second-order valence-electron chi connectivity index (χ2n) is 10.4. The lowest BCUT2D eigenvalue weighted by Crippen LogP contribution is -2.24. The lowest BCUT2D eigenvalue weighted by atomic mass is 9.88. The summed E-state index contributed by atoms with van der Waals surface area (Å²) >= 11 is 1.89. The molecule has 2 aliphatic carbocycles. The zero-order valence-electron chi connectivity index (χ0n) is 21.5. The van der Waals surface area contributed by atoms with Crippen molar-refractivity contribution in [2.24, 2.45) is 5.92 Å². The molecule has 38 heavy (non-hydrogen) atoms. The van der Waals surface area contributed by atoms with Crippen LogP contribution in [0, 0.1) is 5.92 Å². The normalized spacial score (nSPS) is 17.3. The fourth-order valence-corrected chi connectivity index (χ4v) is 6.65. The molecule has 1 amide bonds. The second kappa shape index (κ2) is 11.2. The third-order valence-corrected chi connectivity index (χ3v) is 8.69. The standard InChI is InChI=1S/C30H33N5O2S/c36-27-11-4-8-20-16-23(12-13-24(20)27)33-30-34-26-14-15-38-18-25(26)28(35-30)31-21-9-5-10-22(17-21)32-29(37)19-6-2-1-3-7-19/h5,9-10,12-13,16-17,19H,1-4,6-8,11,14-15,18H2,(H,32,37)(H2,31,33,34,35). The number of benzene rings is 2. The molecule has 2 heterocycles. The molecular weight excluding hydrogens is 494 g/mol. The minimum absolute atomic E-state index is 0.113. The van der Waals surface area contributed by atoms with Crippen molar-refractivity contribution in [2.75, 3.05) is 21.7 Å². The van der Waals surface area contributed by atoms with Gasteiger partial charge in [-0.05, 0) is 79.8 Å². The maximum absolute atomic E-state index is 12.8. The molecule has 0 atom stereocenters. The number of fused-ring (bicyclic) bond motifs is 2. The topological polar surface area (TPSA) is 96.0 Å². The highest BCUT2D eigenvalue weighted by molar-refractivity contribution is 7.98. The molecule has 0 radical (unpaired) electrons. The van der Waals surface area contributed by atoms with Crippen LogP contribution in [0.3, 0.4) is 0 Å². The van der Waals surface area contributed by atoms with Crippen LogP contribution in [0.5, 0.6) is 0 Å². The predicted molar refractivity (Wildman–Crippen MR) is 154 cm³/mol. The third-order valence-electron chi connectivity index (χ3n) is 7.70. The predicted octanol–water partition coefficient (Wildman–Crippen LogP) is 6.79. The number of thioether (sulfide) groups is 1. The van der Waals surface area contributed by atoms with Crippen LogP contribution in [0.25, 0.3) is 0 Å². The summed E-state index contributed by atoms with van der Waals surface area (Å²) in [6.45, 7) is 0. The molecule has 0 saturated heterocycles. The smallest absolute Gasteiger partial charge is 0.229 e. The van der Waals surface area contributed by atoms with Gasteiger partial charge in [-0.1, -0.05) is 25.3 Å². The summed E-state index contributed by atoms with van der Waals surface area (Å²) in [6, 6.07) is 13.8. The van der Waals surface area contributed by atoms with E-state index in [0.29, 0.717) is 12.4 Å². The monoisotopic (exact) mass is 527 g/mol. The first-order chi connectivity index (χ1) is 18.6. The van der Waals surface area contributed by atoms with E-state index in [9.17, 15) is 9.59 Å². The molecule has 8 heteroatoms. The Hall–Kier alpha value is -3.39. The van der Waals surface area contributed by atoms with Gasteiger partial charge in [0.2, 0.25) is 11.9 Å². The summed E-state index contributed by atoms with van der Waals surface area (Å²) in [5.41, 5.74) is 6.67. The van der Waals surface area contributed by atoms with Gasteiger partial charge in [0, 0.05) is 46.3 Å². The molecule has 0 unspecified atom stereocenters. The van der Waals surface area contributed by atoms with Crippen molar-refractivity contribution >= 4 is 52.3 Å². The first kappa shape index (κ1) is 24.9. The zero-order chi connectivity index (χ0) is 25.9. The lowest BCUT2D eigenvalue weighted by molar-refractivity contribution is -0.120. The molecule has 3 N–H and O–H groups in total. The molecule has 0 spiro atoms. The van der Waals surface area contributed by atoms with Crippen molar-refractivity contribution in [3.63, 3.8) is 0 Å². The Bertz CT molecular complexity index is 1370. The Labute approximate surface area is 227 Å². The maximum atomic E-state index is 12.8. The van der Waals surface area contributed by atoms with Gasteiger partial charge >= 0.3 is 0 Å².